The van der Waals surface area contributed by atoms with Gasteiger partial charge in [0.2, 0.25) is 5.91 Å². The van der Waals surface area contributed by atoms with E-state index >= 15 is 0 Å². The van der Waals surface area contributed by atoms with Crippen molar-refractivity contribution in [2.45, 2.75) is 13.8 Å². The summed E-state index contributed by atoms with van der Waals surface area (Å²) in [6, 6.07) is 13.7. The number of hydrogen-bond acceptors (Lipinski definition) is 4. The average Bonchev–Trinajstić information content (AvgIpc) is 2.54. The first kappa shape index (κ1) is 16.4. The van der Waals surface area contributed by atoms with Gasteiger partial charge in [0.05, 0.1) is 6.54 Å². The highest BCUT2D eigenvalue weighted by Crippen LogP contribution is 2.11. The van der Waals surface area contributed by atoms with E-state index in [-0.39, 0.29) is 24.0 Å². The lowest BCUT2D eigenvalue weighted by Crippen LogP contribution is -2.21. The van der Waals surface area contributed by atoms with Crippen LogP contribution in [0.2, 0.25) is 0 Å². The van der Waals surface area contributed by atoms with Crippen LogP contribution in [-0.2, 0) is 4.79 Å². The van der Waals surface area contributed by atoms with Crippen molar-refractivity contribution in [1.82, 2.24) is 0 Å². The monoisotopic (exact) mass is 310 g/mol. The van der Waals surface area contributed by atoms with Gasteiger partial charge in [-0.1, -0.05) is 0 Å². The van der Waals surface area contributed by atoms with Crippen LogP contribution in [0.15, 0.2) is 48.5 Å². The maximum atomic E-state index is 11.9. The molecule has 0 aliphatic rings. The summed E-state index contributed by atoms with van der Waals surface area (Å²) in [5.41, 5.74) is 2.63. The molecule has 2 rings (SSSR count). The molecule has 2 aromatic carbocycles. The first-order valence-corrected chi connectivity index (χ1v) is 7.21. The Morgan fingerprint density at radius 3 is 1.61 bits per heavy atom. The number of amides is 1. The van der Waals surface area contributed by atoms with E-state index in [4.69, 9.17) is 0 Å². The molecule has 0 heterocycles. The topological polar surface area (TPSA) is 75.3 Å². The molecule has 0 aliphatic heterocycles. The van der Waals surface area contributed by atoms with E-state index in [2.05, 4.69) is 10.6 Å². The summed E-state index contributed by atoms with van der Waals surface area (Å²) in [5.74, 6) is -0.210. The molecule has 23 heavy (non-hydrogen) atoms. The van der Waals surface area contributed by atoms with Crippen LogP contribution in [0.3, 0.4) is 0 Å². The fourth-order valence-corrected chi connectivity index (χ4v) is 2.00. The van der Waals surface area contributed by atoms with Crippen molar-refractivity contribution in [1.29, 1.82) is 0 Å². The molecule has 0 saturated heterocycles. The highest BCUT2D eigenvalue weighted by molar-refractivity contribution is 5.97. The van der Waals surface area contributed by atoms with Gasteiger partial charge in [0.25, 0.3) is 0 Å². The molecule has 0 unspecified atom stereocenters. The van der Waals surface area contributed by atoms with Gasteiger partial charge in [0.15, 0.2) is 11.6 Å². The predicted octanol–water partition coefficient (Wildman–Crippen LogP) is 3.14. The van der Waals surface area contributed by atoms with Gasteiger partial charge in [-0.05, 0) is 62.4 Å². The summed E-state index contributed by atoms with van der Waals surface area (Å²) >= 11 is 0. The van der Waals surface area contributed by atoms with E-state index in [0.717, 1.165) is 5.69 Å². The molecule has 0 saturated carbocycles. The Bertz CT molecular complexity index is 719. The van der Waals surface area contributed by atoms with Crippen molar-refractivity contribution in [3.05, 3.63) is 59.7 Å². The second kappa shape index (κ2) is 7.35. The van der Waals surface area contributed by atoms with E-state index in [0.29, 0.717) is 16.8 Å². The van der Waals surface area contributed by atoms with Crippen LogP contribution in [-0.4, -0.2) is 24.0 Å². The molecule has 118 valence electrons. The van der Waals surface area contributed by atoms with E-state index in [9.17, 15) is 14.4 Å². The molecule has 5 nitrogen and oxygen atoms in total. The molecule has 0 fully saturated rings. The van der Waals surface area contributed by atoms with Crippen LogP contribution >= 0.6 is 0 Å². The van der Waals surface area contributed by atoms with E-state index in [1.54, 1.807) is 48.5 Å². The first-order chi connectivity index (χ1) is 11.0. The minimum absolute atomic E-state index is 0.00306. The average molecular weight is 310 g/mol. The fraction of sp³-hybridized carbons (Fsp3) is 0.167. The summed E-state index contributed by atoms with van der Waals surface area (Å²) in [7, 11) is 0. The smallest absolute Gasteiger partial charge is 0.243 e. The molecule has 1 amide bonds. The standard InChI is InChI=1S/C18H18N2O3/c1-12(21)14-3-7-16(8-4-14)19-11-18(23)20-17-9-5-15(6-10-17)13(2)22/h3-10,19H,11H2,1-2H3,(H,20,23). The number of benzene rings is 2. The zero-order chi connectivity index (χ0) is 16.8. The maximum absolute atomic E-state index is 11.9. The number of nitrogens with one attached hydrogen (secondary N) is 2. The van der Waals surface area contributed by atoms with Gasteiger partial charge in [-0.25, -0.2) is 0 Å². The van der Waals surface area contributed by atoms with Crippen molar-refractivity contribution in [2.75, 3.05) is 17.2 Å². The fourth-order valence-electron chi connectivity index (χ4n) is 2.00. The predicted molar refractivity (Wildman–Crippen MR) is 90.0 cm³/mol. The van der Waals surface area contributed by atoms with Crippen molar-refractivity contribution in [3.63, 3.8) is 0 Å². The Labute approximate surface area is 134 Å². The van der Waals surface area contributed by atoms with Crippen LogP contribution in [0.4, 0.5) is 11.4 Å². The Morgan fingerprint density at radius 1 is 0.739 bits per heavy atom. The van der Waals surface area contributed by atoms with Crippen LogP contribution in [0, 0.1) is 0 Å². The van der Waals surface area contributed by atoms with Crippen molar-refractivity contribution < 1.29 is 14.4 Å². The highest BCUT2D eigenvalue weighted by atomic mass is 16.2. The normalized spacial score (nSPS) is 10.0. The van der Waals surface area contributed by atoms with Crippen molar-refractivity contribution >= 4 is 28.8 Å². The SMILES string of the molecule is CC(=O)c1ccc(NCC(=O)Nc2ccc(C(C)=O)cc2)cc1. The summed E-state index contributed by atoms with van der Waals surface area (Å²) < 4.78 is 0. The number of carbonyl (C=O) groups is 3. The number of anilines is 2. The zero-order valence-electron chi connectivity index (χ0n) is 13.1. The second-order valence-corrected chi connectivity index (χ2v) is 5.17. The van der Waals surface area contributed by atoms with Gasteiger partial charge < -0.3 is 10.6 Å². The molecule has 0 aromatic heterocycles. The van der Waals surface area contributed by atoms with E-state index < -0.39 is 0 Å². The second-order valence-electron chi connectivity index (χ2n) is 5.17. The number of ketones is 2. The van der Waals surface area contributed by atoms with Gasteiger partial charge in [-0.15, -0.1) is 0 Å². The highest BCUT2D eigenvalue weighted by Gasteiger charge is 2.04. The summed E-state index contributed by atoms with van der Waals surface area (Å²) in [4.78, 5) is 34.3. The molecule has 0 atom stereocenters. The quantitative estimate of drug-likeness (QED) is 0.804. The van der Waals surface area contributed by atoms with Crippen LogP contribution in [0.1, 0.15) is 34.6 Å². The Balaban J connectivity index is 1.87. The zero-order valence-corrected chi connectivity index (χ0v) is 13.1. The summed E-state index contributed by atoms with van der Waals surface area (Å²) in [6.07, 6.45) is 0. The Kier molecular flexibility index (Phi) is 5.25. The molecular formula is C18H18N2O3. The van der Waals surface area contributed by atoms with E-state index in [1.165, 1.54) is 13.8 Å². The van der Waals surface area contributed by atoms with Crippen molar-refractivity contribution in [3.8, 4) is 0 Å². The molecule has 0 bridgehead atoms. The lowest BCUT2D eigenvalue weighted by molar-refractivity contribution is -0.114. The third-order valence-corrected chi connectivity index (χ3v) is 3.32. The molecule has 5 heteroatoms. The van der Waals surface area contributed by atoms with E-state index in [1.807, 2.05) is 0 Å². The maximum Gasteiger partial charge on any atom is 0.243 e. The van der Waals surface area contributed by atoms with Gasteiger partial charge in [0, 0.05) is 22.5 Å². The molecule has 2 aromatic rings. The van der Waals surface area contributed by atoms with Gasteiger partial charge in [0.1, 0.15) is 0 Å². The molecular weight excluding hydrogens is 292 g/mol. The third kappa shape index (κ3) is 4.78. The summed E-state index contributed by atoms with van der Waals surface area (Å²) in [5, 5.41) is 5.72. The van der Waals surface area contributed by atoms with Gasteiger partial charge in [-0.2, -0.15) is 0 Å². The third-order valence-electron chi connectivity index (χ3n) is 3.32. The molecule has 0 aliphatic carbocycles. The Morgan fingerprint density at radius 2 is 1.17 bits per heavy atom. The number of hydrogen-bond donors (Lipinski definition) is 2. The number of Topliss-reactive ketones (excluding diaryl/α,β-unsaturated/α-hetero) is 2. The first-order valence-electron chi connectivity index (χ1n) is 7.21. The van der Waals surface area contributed by atoms with Crippen molar-refractivity contribution in [2.24, 2.45) is 0 Å². The lowest BCUT2D eigenvalue weighted by Gasteiger charge is -2.08. The summed E-state index contributed by atoms with van der Waals surface area (Å²) in [6.45, 7) is 3.11. The minimum atomic E-state index is -0.198. The molecule has 2 N–H and O–H groups in total. The van der Waals surface area contributed by atoms with Gasteiger partial charge >= 0.3 is 0 Å². The van der Waals surface area contributed by atoms with Crippen LogP contribution in [0.5, 0.6) is 0 Å². The minimum Gasteiger partial charge on any atom is -0.376 e. The largest absolute Gasteiger partial charge is 0.376 e. The van der Waals surface area contributed by atoms with Crippen LogP contribution in [0.25, 0.3) is 0 Å². The van der Waals surface area contributed by atoms with Crippen LogP contribution < -0.4 is 10.6 Å². The number of rotatable bonds is 6. The molecule has 0 radical (unpaired) electrons. The molecule has 0 spiro atoms. The Hall–Kier alpha value is -2.95. The van der Waals surface area contributed by atoms with Gasteiger partial charge in [-0.3, -0.25) is 14.4 Å². The lowest BCUT2D eigenvalue weighted by atomic mass is 10.1. The number of carbonyl (C=O) groups excluding carboxylic acids is 3.